The topological polar surface area (TPSA) is 110 Å². The van der Waals surface area contributed by atoms with E-state index < -0.39 is 29.2 Å². The molecule has 194 valence electrons. The molecule has 3 aliphatic carbocycles. The van der Waals surface area contributed by atoms with Gasteiger partial charge in [0, 0.05) is 28.7 Å². The fourth-order valence-corrected chi connectivity index (χ4v) is 6.77. The molecular formula is C28H28BrNO7. The van der Waals surface area contributed by atoms with Gasteiger partial charge in [-0.15, -0.1) is 0 Å². The number of aromatic hydroxyl groups is 1. The van der Waals surface area contributed by atoms with Crippen molar-refractivity contribution >= 4 is 39.3 Å². The monoisotopic (exact) mass is 569 g/mol. The van der Waals surface area contributed by atoms with Crippen LogP contribution in [-0.4, -0.2) is 53.1 Å². The Morgan fingerprint density at radius 1 is 1.00 bits per heavy atom. The van der Waals surface area contributed by atoms with Gasteiger partial charge in [-0.1, -0.05) is 11.6 Å². The van der Waals surface area contributed by atoms with Crippen LogP contribution in [0.3, 0.4) is 0 Å². The molecule has 4 aliphatic rings. The predicted molar refractivity (Wildman–Crippen MR) is 137 cm³/mol. The van der Waals surface area contributed by atoms with Crippen LogP contribution in [0.1, 0.15) is 45.1 Å². The van der Waals surface area contributed by atoms with Crippen LogP contribution in [0.25, 0.3) is 0 Å². The molecule has 0 saturated carbocycles. The zero-order valence-electron chi connectivity index (χ0n) is 21.3. The van der Waals surface area contributed by atoms with Crippen LogP contribution >= 0.6 is 15.9 Å². The Kier molecular flexibility index (Phi) is 5.97. The highest BCUT2D eigenvalue weighted by molar-refractivity contribution is 9.12. The summed E-state index contributed by atoms with van der Waals surface area (Å²) in [5.41, 5.74) is 1.41. The number of ketones is 2. The van der Waals surface area contributed by atoms with Gasteiger partial charge in [-0.05, 0) is 73.2 Å². The quantitative estimate of drug-likeness (QED) is 0.333. The first kappa shape index (κ1) is 25.4. The minimum Gasteiger partial charge on any atom is -0.502 e. The number of carbonyl (C=O) groups excluding carboxylic acids is 4. The van der Waals surface area contributed by atoms with Crippen LogP contribution in [0.2, 0.25) is 0 Å². The van der Waals surface area contributed by atoms with Crippen molar-refractivity contribution in [1.29, 1.82) is 0 Å². The molecule has 9 heteroatoms. The predicted octanol–water partition coefficient (Wildman–Crippen LogP) is 3.97. The van der Waals surface area contributed by atoms with E-state index in [2.05, 4.69) is 15.9 Å². The number of phenols is 1. The molecule has 5 rings (SSSR count). The lowest BCUT2D eigenvalue weighted by Crippen LogP contribution is -2.46. The summed E-state index contributed by atoms with van der Waals surface area (Å²) >= 11 is 3.23. The number of phenolic OH excluding ortho intramolecular Hbond substituents is 1. The molecule has 1 aromatic carbocycles. The number of rotatable bonds is 3. The summed E-state index contributed by atoms with van der Waals surface area (Å²) in [6, 6.07) is 3.24. The molecule has 2 amide bonds. The van der Waals surface area contributed by atoms with Crippen LogP contribution in [0.15, 0.2) is 45.5 Å². The fraction of sp³-hybridized carbons (Fsp3) is 0.429. The van der Waals surface area contributed by atoms with Crippen LogP contribution in [0, 0.1) is 17.8 Å². The minimum atomic E-state index is -0.676. The van der Waals surface area contributed by atoms with Gasteiger partial charge in [0.1, 0.15) is 0 Å². The fourth-order valence-electron chi connectivity index (χ4n) is 6.33. The number of hydrogen-bond acceptors (Lipinski definition) is 7. The molecule has 0 aromatic heterocycles. The minimum absolute atomic E-state index is 0.158. The Morgan fingerprint density at radius 3 is 2.19 bits per heavy atom. The summed E-state index contributed by atoms with van der Waals surface area (Å²) in [6.07, 6.45) is 3.78. The lowest BCUT2D eigenvalue weighted by molar-refractivity contribution is -0.145. The summed E-state index contributed by atoms with van der Waals surface area (Å²) in [5.74, 6) is -3.16. The van der Waals surface area contributed by atoms with Gasteiger partial charge < -0.3 is 14.6 Å². The number of benzene rings is 1. The molecule has 37 heavy (non-hydrogen) atoms. The highest BCUT2D eigenvalue weighted by atomic mass is 79.9. The van der Waals surface area contributed by atoms with E-state index in [0.717, 1.165) is 5.57 Å². The molecule has 4 unspecified atom stereocenters. The molecule has 1 saturated heterocycles. The number of likely N-dealkylation sites (tertiary alicyclic amines) is 1. The molecule has 0 spiro atoms. The summed E-state index contributed by atoms with van der Waals surface area (Å²) in [7, 11) is 2.83. The third-order valence-electron chi connectivity index (χ3n) is 7.84. The van der Waals surface area contributed by atoms with Gasteiger partial charge in [0.05, 0.1) is 30.5 Å². The van der Waals surface area contributed by atoms with Crippen molar-refractivity contribution in [2.75, 3.05) is 14.2 Å². The highest BCUT2D eigenvalue weighted by Crippen LogP contribution is 2.56. The smallest absolute Gasteiger partial charge is 0.234 e. The third kappa shape index (κ3) is 3.69. The van der Waals surface area contributed by atoms with Gasteiger partial charge >= 0.3 is 0 Å². The van der Waals surface area contributed by atoms with Crippen molar-refractivity contribution < 1.29 is 33.8 Å². The third-order valence-corrected chi connectivity index (χ3v) is 8.43. The second-order valence-electron chi connectivity index (χ2n) is 10.9. The molecular weight excluding hydrogens is 542 g/mol. The van der Waals surface area contributed by atoms with E-state index in [4.69, 9.17) is 9.47 Å². The van der Waals surface area contributed by atoms with Crippen LogP contribution in [0.4, 0.5) is 0 Å². The number of fused-ring (bicyclic) bond motifs is 3. The normalized spacial score (nSPS) is 27.5. The number of Topliss-reactive ketones (excluding diaryl/α,β-unsaturated/α-hetero) is 1. The first-order valence-electron chi connectivity index (χ1n) is 12.1. The number of ether oxygens (including phenoxy) is 2. The standard InChI is InChI=1S/C28H28BrNO7/c1-28(2,3)30-26(34)14-7-6-13-15(22(14)27(30)35)10-16-23(18(31)11-17(29)24(16)32)21(13)12-8-19(36-4)25(33)20(9-12)37-5/h6,8-9,11,14-15,21-22,33H,7,10H2,1-5H3. The largest absolute Gasteiger partial charge is 0.502 e. The number of allylic oxidation sites excluding steroid dienone is 6. The number of halogens is 1. The van der Waals surface area contributed by atoms with E-state index in [1.807, 2.05) is 26.8 Å². The van der Waals surface area contributed by atoms with Crippen LogP contribution < -0.4 is 9.47 Å². The summed E-state index contributed by atoms with van der Waals surface area (Å²) in [6.45, 7) is 5.50. The highest BCUT2D eigenvalue weighted by Gasteiger charge is 2.58. The molecule has 8 nitrogen and oxygen atoms in total. The lowest BCUT2D eigenvalue weighted by Gasteiger charge is -2.42. The molecule has 1 aliphatic heterocycles. The van der Waals surface area contributed by atoms with Gasteiger partial charge in [-0.2, -0.15) is 0 Å². The number of nitrogens with zero attached hydrogens (tertiary/aromatic N) is 1. The van der Waals surface area contributed by atoms with Gasteiger partial charge in [-0.25, -0.2) is 0 Å². The average Bonchev–Trinajstić information content (AvgIpc) is 3.11. The van der Waals surface area contributed by atoms with E-state index in [-0.39, 0.29) is 51.5 Å². The second kappa shape index (κ2) is 8.68. The van der Waals surface area contributed by atoms with E-state index >= 15 is 0 Å². The maximum absolute atomic E-state index is 13.7. The van der Waals surface area contributed by atoms with E-state index in [1.54, 1.807) is 12.1 Å². The SMILES string of the molecule is COc1cc(C2C3=CCC4C(=O)N(C(C)(C)C)C(=O)C4C3CC3=C2C(=O)C=C(Br)C3=O)cc(OC)c1O. The van der Waals surface area contributed by atoms with E-state index in [9.17, 15) is 24.3 Å². The Hall–Kier alpha value is -3.20. The Morgan fingerprint density at radius 2 is 1.62 bits per heavy atom. The molecule has 1 heterocycles. The maximum atomic E-state index is 13.7. The summed E-state index contributed by atoms with van der Waals surface area (Å²) < 4.78 is 10.9. The van der Waals surface area contributed by atoms with Crippen molar-refractivity contribution in [2.24, 2.45) is 17.8 Å². The molecule has 0 radical (unpaired) electrons. The van der Waals surface area contributed by atoms with Gasteiger partial charge in [0.2, 0.25) is 17.6 Å². The Bertz CT molecular complexity index is 1340. The second-order valence-corrected chi connectivity index (χ2v) is 11.7. The molecule has 4 atom stereocenters. The van der Waals surface area contributed by atoms with Gasteiger partial charge in [-0.3, -0.25) is 24.1 Å². The summed E-state index contributed by atoms with van der Waals surface area (Å²) in [4.78, 5) is 55.1. The lowest BCUT2D eigenvalue weighted by atomic mass is 9.59. The first-order chi connectivity index (χ1) is 17.4. The molecule has 1 N–H and O–H groups in total. The van der Waals surface area contributed by atoms with Crippen molar-refractivity contribution in [3.8, 4) is 17.2 Å². The Labute approximate surface area is 223 Å². The van der Waals surface area contributed by atoms with Crippen molar-refractivity contribution in [3.05, 3.63) is 51.0 Å². The zero-order chi connectivity index (χ0) is 27.0. The van der Waals surface area contributed by atoms with Crippen LogP contribution in [0.5, 0.6) is 17.2 Å². The van der Waals surface area contributed by atoms with Crippen molar-refractivity contribution in [2.45, 2.75) is 45.1 Å². The molecule has 1 aromatic rings. The molecule has 1 fully saturated rings. The maximum Gasteiger partial charge on any atom is 0.234 e. The van der Waals surface area contributed by atoms with Crippen LogP contribution in [-0.2, 0) is 19.2 Å². The number of imide groups is 1. The average molecular weight is 570 g/mol. The first-order valence-corrected chi connectivity index (χ1v) is 12.9. The zero-order valence-corrected chi connectivity index (χ0v) is 22.8. The van der Waals surface area contributed by atoms with Gasteiger partial charge in [0.15, 0.2) is 23.1 Å². The number of amides is 2. The van der Waals surface area contributed by atoms with Crippen molar-refractivity contribution in [3.63, 3.8) is 0 Å². The van der Waals surface area contributed by atoms with E-state index in [0.29, 0.717) is 23.1 Å². The number of carbonyl (C=O) groups is 4. The summed E-state index contributed by atoms with van der Waals surface area (Å²) in [5, 5.41) is 10.5. The number of hydrogen-bond donors (Lipinski definition) is 1. The van der Waals surface area contributed by atoms with Crippen molar-refractivity contribution in [1.82, 2.24) is 4.90 Å². The van der Waals surface area contributed by atoms with Gasteiger partial charge in [0.25, 0.3) is 0 Å². The number of methoxy groups -OCH3 is 2. The molecule has 0 bridgehead atoms. The van der Waals surface area contributed by atoms with E-state index in [1.165, 1.54) is 25.2 Å². The Balaban J connectivity index is 1.72.